The normalized spacial score (nSPS) is 25.2. The molecule has 1 saturated heterocycles. The van der Waals surface area contributed by atoms with Crippen LogP contribution in [-0.2, 0) is 9.53 Å². The van der Waals surface area contributed by atoms with Crippen molar-refractivity contribution in [3.8, 4) is 0 Å². The quantitative estimate of drug-likeness (QED) is 0.776. The van der Waals surface area contributed by atoms with Crippen LogP contribution in [-0.4, -0.2) is 41.0 Å². The van der Waals surface area contributed by atoms with Gasteiger partial charge in [-0.25, -0.2) is 4.79 Å². The summed E-state index contributed by atoms with van der Waals surface area (Å²) < 4.78 is 5.02. The Hall–Kier alpha value is -2.43. The number of esters is 1. The lowest BCUT2D eigenvalue weighted by Crippen LogP contribution is -2.46. The third kappa shape index (κ3) is 2.75. The maximum atomic E-state index is 13.6. The first kappa shape index (κ1) is 17.0. The van der Waals surface area contributed by atoms with Crippen molar-refractivity contribution in [2.24, 2.45) is 5.92 Å². The topological polar surface area (TPSA) is 59.5 Å². The number of fused-ring (bicyclic) bond motifs is 2. The molecule has 1 amide bonds. The van der Waals surface area contributed by atoms with Crippen LogP contribution in [0.1, 0.15) is 48.2 Å². The predicted molar refractivity (Wildman–Crippen MR) is 98.8 cm³/mol. The van der Waals surface area contributed by atoms with Gasteiger partial charge in [-0.05, 0) is 44.2 Å². The smallest absolute Gasteiger partial charge is 0.328 e. The summed E-state index contributed by atoms with van der Waals surface area (Å²) in [5.74, 6) is 0.0188. The Morgan fingerprint density at radius 1 is 1.19 bits per heavy atom. The summed E-state index contributed by atoms with van der Waals surface area (Å²) in [6.45, 7) is 1.90. The van der Waals surface area contributed by atoms with Gasteiger partial charge in [0, 0.05) is 17.1 Å². The van der Waals surface area contributed by atoms with Gasteiger partial charge in [-0.1, -0.05) is 31.0 Å². The number of amides is 1. The van der Waals surface area contributed by atoms with Gasteiger partial charge in [-0.15, -0.1) is 0 Å². The van der Waals surface area contributed by atoms with Gasteiger partial charge in [0.05, 0.1) is 18.2 Å². The number of likely N-dealkylation sites (tertiary alicyclic amines) is 1. The first-order chi connectivity index (χ1) is 12.6. The Kier molecular flexibility index (Phi) is 4.39. The number of ether oxygens (including phenoxy) is 1. The van der Waals surface area contributed by atoms with E-state index in [1.165, 1.54) is 13.5 Å². The molecule has 1 aromatic carbocycles. The van der Waals surface area contributed by atoms with Crippen molar-refractivity contribution in [2.45, 2.75) is 51.1 Å². The second-order valence-electron chi connectivity index (χ2n) is 7.43. The predicted octanol–water partition coefficient (Wildman–Crippen LogP) is 3.49. The van der Waals surface area contributed by atoms with E-state index in [0.717, 1.165) is 35.9 Å². The van der Waals surface area contributed by atoms with E-state index in [1.807, 2.05) is 42.2 Å². The molecular weight excluding hydrogens is 328 g/mol. The van der Waals surface area contributed by atoms with Crippen LogP contribution >= 0.6 is 0 Å². The van der Waals surface area contributed by atoms with E-state index in [0.29, 0.717) is 17.9 Å². The number of hydrogen-bond donors (Lipinski definition) is 0. The highest BCUT2D eigenvalue weighted by molar-refractivity contribution is 6.07. The lowest BCUT2D eigenvalue weighted by molar-refractivity contribution is -0.145. The van der Waals surface area contributed by atoms with E-state index < -0.39 is 6.04 Å². The number of methoxy groups -OCH3 is 1. The number of hydrogen-bond acceptors (Lipinski definition) is 4. The van der Waals surface area contributed by atoms with E-state index in [-0.39, 0.29) is 17.9 Å². The summed E-state index contributed by atoms with van der Waals surface area (Å²) in [7, 11) is 1.40. The highest BCUT2D eigenvalue weighted by Gasteiger charge is 2.48. The van der Waals surface area contributed by atoms with Crippen molar-refractivity contribution >= 4 is 22.8 Å². The molecule has 2 aliphatic rings. The van der Waals surface area contributed by atoms with E-state index in [9.17, 15) is 9.59 Å². The van der Waals surface area contributed by atoms with Crippen molar-refractivity contribution in [3.63, 3.8) is 0 Å². The standard InChI is InChI=1S/C21H24N2O3/c1-13-11-16(15-8-4-5-9-17(15)22-13)20(24)23-18-10-6-3-7-14(18)12-19(23)21(25)26-2/h4-5,8-9,11,14,18-19H,3,6-7,10,12H2,1-2H3/t14-,18+,19-/m0/s1. The van der Waals surface area contributed by atoms with Crippen LogP contribution in [0.15, 0.2) is 30.3 Å². The molecule has 5 heteroatoms. The summed E-state index contributed by atoms with van der Waals surface area (Å²) >= 11 is 0. The Balaban J connectivity index is 1.79. The second kappa shape index (κ2) is 6.71. The minimum Gasteiger partial charge on any atom is -0.467 e. The molecule has 1 aliphatic heterocycles. The maximum absolute atomic E-state index is 13.6. The van der Waals surface area contributed by atoms with Crippen molar-refractivity contribution < 1.29 is 14.3 Å². The van der Waals surface area contributed by atoms with Gasteiger partial charge in [0.15, 0.2) is 0 Å². The Bertz CT molecular complexity index is 863. The molecule has 0 radical (unpaired) electrons. The molecule has 0 bridgehead atoms. The molecule has 2 aromatic rings. The molecule has 0 N–H and O–H groups in total. The minimum atomic E-state index is -0.479. The van der Waals surface area contributed by atoms with Gasteiger partial charge in [-0.3, -0.25) is 9.78 Å². The number of aromatic nitrogens is 1. The number of aryl methyl sites for hydroxylation is 1. The molecule has 1 saturated carbocycles. The van der Waals surface area contributed by atoms with E-state index >= 15 is 0 Å². The van der Waals surface area contributed by atoms with Crippen molar-refractivity contribution in [1.29, 1.82) is 0 Å². The van der Waals surface area contributed by atoms with Gasteiger partial charge in [0.25, 0.3) is 5.91 Å². The van der Waals surface area contributed by atoms with Gasteiger partial charge in [0.2, 0.25) is 0 Å². The SMILES string of the molecule is COC(=O)[C@@H]1C[C@@H]2CCCC[C@H]2N1C(=O)c1cc(C)nc2ccccc12. The molecule has 0 unspecified atom stereocenters. The molecule has 4 rings (SSSR count). The molecule has 1 aliphatic carbocycles. The third-order valence-corrected chi connectivity index (χ3v) is 5.87. The van der Waals surface area contributed by atoms with Crippen LogP contribution in [0.3, 0.4) is 0 Å². The van der Waals surface area contributed by atoms with Crippen LogP contribution in [0.5, 0.6) is 0 Å². The Morgan fingerprint density at radius 2 is 1.96 bits per heavy atom. The zero-order valence-corrected chi connectivity index (χ0v) is 15.3. The van der Waals surface area contributed by atoms with Gasteiger partial charge < -0.3 is 9.64 Å². The van der Waals surface area contributed by atoms with E-state index in [2.05, 4.69) is 4.98 Å². The number of carbonyl (C=O) groups is 2. The summed E-state index contributed by atoms with van der Waals surface area (Å²) in [4.78, 5) is 32.3. The van der Waals surface area contributed by atoms with E-state index in [1.54, 1.807) is 0 Å². The molecule has 0 spiro atoms. The molecule has 2 fully saturated rings. The first-order valence-electron chi connectivity index (χ1n) is 9.37. The average Bonchev–Trinajstić information content (AvgIpc) is 3.05. The molecule has 5 nitrogen and oxygen atoms in total. The average molecular weight is 352 g/mol. The van der Waals surface area contributed by atoms with Crippen LogP contribution in [0.2, 0.25) is 0 Å². The van der Waals surface area contributed by atoms with Crippen LogP contribution in [0.25, 0.3) is 10.9 Å². The number of para-hydroxylation sites is 1. The summed E-state index contributed by atoms with van der Waals surface area (Å²) in [5, 5.41) is 0.839. The summed E-state index contributed by atoms with van der Waals surface area (Å²) in [6, 6.07) is 9.19. The molecule has 1 aromatic heterocycles. The molecule has 2 heterocycles. The Morgan fingerprint density at radius 3 is 2.77 bits per heavy atom. The number of carbonyl (C=O) groups excluding carboxylic acids is 2. The maximum Gasteiger partial charge on any atom is 0.328 e. The fraction of sp³-hybridized carbons (Fsp3) is 0.476. The van der Waals surface area contributed by atoms with Gasteiger partial charge in [0.1, 0.15) is 6.04 Å². The van der Waals surface area contributed by atoms with Crippen LogP contribution < -0.4 is 0 Å². The zero-order chi connectivity index (χ0) is 18.3. The van der Waals surface area contributed by atoms with Crippen molar-refractivity contribution in [1.82, 2.24) is 9.88 Å². The van der Waals surface area contributed by atoms with Crippen LogP contribution in [0.4, 0.5) is 0 Å². The van der Waals surface area contributed by atoms with Crippen molar-refractivity contribution in [3.05, 3.63) is 41.6 Å². The monoisotopic (exact) mass is 352 g/mol. The highest BCUT2D eigenvalue weighted by atomic mass is 16.5. The Labute approximate surface area is 153 Å². The minimum absolute atomic E-state index is 0.0727. The zero-order valence-electron chi connectivity index (χ0n) is 15.3. The number of nitrogens with zero attached hydrogens (tertiary/aromatic N) is 2. The molecule has 26 heavy (non-hydrogen) atoms. The highest BCUT2D eigenvalue weighted by Crippen LogP contribution is 2.41. The summed E-state index contributed by atoms with van der Waals surface area (Å²) in [6.07, 6.45) is 5.04. The fourth-order valence-corrected chi connectivity index (χ4v) is 4.72. The third-order valence-electron chi connectivity index (χ3n) is 5.87. The van der Waals surface area contributed by atoms with E-state index in [4.69, 9.17) is 4.74 Å². The van der Waals surface area contributed by atoms with Gasteiger partial charge >= 0.3 is 5.97 Å². The number of benzene rings is 1. The first-order valence-corrected chi connectivity index (χ1v) is 9.37. The molecule has 3 atom stereocenters. The largest absolute Gasteiger partial charge is 0.467 e. The lowest BCUT2D eigenvalue weighted by atomic mass is 9.84. The van der Waals surface area contributed by atoms with Crippen molar-refractivity contribution in [2.75, 3.05) is 7.11 Å². The number of pyridine rings is 1. The lowest BCUT2D eigenvalue weighted by Gasteiger charge is -2.33. The number of rotatable bonds is 2. The fourth-order valence-electron chi connectivity index (χ4n) is 4.72. The molecular formula is C21H24N2O3. The summed E-state index contributed by atoms with van der Waals surface area (Å²) in [5.41, 5.74) is 2.25. The second-order valence-corrected chi connectivity index (χ2v) is 7.43. The van der Waals surface area contributed by atoms with Gasteiger partial charge in [-0.2, -0.15) is 0 Å². The molecule has 136 valence electrons. The van der Waals surface area contributed by atoms with Crippen LogP contribution in [0, 0.1) is 12.8 Å².